The van der Waals surface area contributed by atoms with E-state index in [2.05, 4.69) is 11.8 Å². The minimum absolute atomic E-state index is 0.113. The van der Waals surface area contributed by atoms with Crippen LogP contribution in [0.15, 0.2) is 24.3 Å². The Kier molecular flexibility index (Phi) is 3.25. The quantitative estimate of drug-likeness (QED) is 0.713. The van der Waals surface area contributed by atoms with Gasteiger partial charge in [-0.2, -0.15) is 0 Å². The molecular weight excluding hydrogens is 202 g/mol. The summed E-state index contributed by atoms with van der Waals surface area (Å²) in [7, 11) is 0. The molecule has 0 spiro atoms. The van der Waals surface area contributed by atoms with Gasteiger partial charge in [0.2, 0.25) is 0 Å². The summed E-state index contributed by atoms with van der Waals surface area (Å²) in [6, 6.07) is 8.20. The fourth-order valence-electron chi connectivity index (χ4n) is 2.00. The molecule has 0 aliphatic carbocycles. The van der Waals surface area contributed by atoms with Crippen LogP contribution in [0.25, 0.3) is 0 Å². The lowest BCUT2D eigenvalue weighted by atomic mass is 10.1. The van der Waals surface area contributed by atoms with Crippen molar-refractivity contribution in [1.82, 2.24) is 0 Å². The molecule has 0 amide bonds. The third-order valence-corrected chi connectivity index (χ3v) is 2.97. The zero-order valence-electron chi connectivity index (χ0n) is 9.77. The van der Waals surface area contributed by atoms with Crippen LogP contribution in [-0.2, 0) is 4.74 Å². The van der Waals surface area contributed by atoms with Gasteiger partial charge in [-0.3, -0.25) is 4.79 Å². The molecule has 3 heteroatoms. The molecule has 86 valence electrons. The van der Waals surface area contributed by atoms with Crippen LogP contribution in [0.1, 0.15) is 24.2 Å². The van der Waals surface area contributed by atoms with Crippen LogP contribution in [0.3, 0.4) is 0 Å². The monoisotopic (exact) mass is 219 g/mol. The number of hydrogen-bond acceptors (Lipinski definition) is 3. The molecule has 1 saturated heterocycles. The van der Waals surface area contributed by atoms with Crippen molar-refractivity contribution in [2.75, 3.05) is 24.7 Å². The molecule has 0 aromatic heterocycles. The molecule has 1 aromatic rings. The topological polar surface area (TPSA) is 29.5 Å². The minimum Gasteiger partial charge on any atom is -0.377 e. The minimum atomic E-state index is 0.113. The Labute approximate surface area is 96.0 Å². The second-order valence-corrected chi connectivity index (χ2v) is 4.22. The Morgan fingerprint density at radius 3 is 2.62 bits per heavy atom. The van der Waals surface area contributed by atoms with E-state index < -0.39 is 0 Å². The maximum Gasteiger partial charge on any atom is 0.159 e. The van der Waals surface area contributed by atoms with Crippen LogP contribution < -0.4 is 4.90 Å². The van der Waals surface area contributed by atoms with Gasteiger partial charge in [-0.15, -0.1) is 0 Å². The summed E-state index contributed by atoms with van der Waals surface area (Å²) in [5, 5.41) is 0. The molecule has 2 rings (SSSR count). The average Bonchev–Trinajstić information content (AvgIpc) is 2.30. The van der Waals surface area contributed by atoms with Crippen LogP contribution in [0, 0.1) is 0 Å². The Morgan fingerprint density at radius 2 is 2.06 bits per heavy atom. The zero-order chi connectivity index (χ0) is 11.5. The lowest BCUT2D eigenvalue weighted by Crippen LogP contribution is -2.43. The molecule has 1 aliphatic rings. The Hall–Kier alpha value is -1.35. The molecule has 16 heavy (non-hydrogen) atoms. The van der Waals surface area contributed by atoms with Gasteiger partial charge in [0, 0.05) is 23.8 Å². The summed E-state index contributed by atoms with van der Waals surface area (Å²) in [6.07, 6.45) is 0. The summed E-state index contributed by atoms with van der Waals surface area (Å²) in [4.78, 5) is 13.5. The number of Topliss-reactive ketones (excluding diaryl/α,β-unsaturated/α-hetero) is 1. The third-order valence-electron chi connectivity index (χ3n) is 2.97. The van der Waals surface area contributed by atoms with Crippen molar-refractivity contribution in [3.63, 3.8) is 0 Å². The summed E-state index contributed by atoms with van der Waals surface area (Å²) in [5.41, 5.74) is 1.94. The lowest BCUT2D eigenvalue weighted by Gasteiger charge is -2.35. The second kappa shape index (κ2) is 4.66. The number of carbonyl (C=O) groups is 1. The van der Waals surface area contributed by atoms with Crippen molar-refractivity contribution in [1.29, 1.82) is 0 Å². The number of ketones is 1. The van der Waals surface area contributed by atoms with E-state index in [4.69, 9.17) is 4.74 Å². The highest BCUT2D eigenvalue weighted by Crippen LogP contribution is 2.20. The SMILES string of the molecule is CC(=O)c1ccc(N2CCOCC2C)cc1. The standard InChI is InChI=1S/C13H17NO2/c1-10-9-16-8-7-14(10)13-5-3-12(4-6-13)11(2)15/h3-6,10H,7-9H2,1-2H3. The van der Waals surface area contributed by atoms with Gasteiger partial charge < -0.3 is 9.64 Å². The molecule has 0 radical (unpaired) electrons. The first-order chi connectivity index (χ1) is 7.68. The summed E-state index contributed by atoms with van der Waals surface area (Å²) < 4.78 is 5.40. The van der Waals surface area contributed by atoms with E-state index in [9.17, 15) is 4.79 Å². The first-order valence-corrected chi connectivity index (χ1v) is 5.64. The van der Waals surface area contributed by atoms with Crippen LogP contribution in [0.5, 0.6) is 0 Å². The van der Waals surface area contributed by atoms with E-state index in [1.807, 2.05) is 24.3 Å². The molecule has 1 atom stereocenters. The van der Waals surface area contributed by atoms with Gasteiger partial charge in [-0.25, -0.2) is 0 Å². The Morgan fingerprint density at radius 1 is 1.38 bits per heavy atom. The summed E-state index contributed by atoms with van der Waals surface area (Å²) in [5.74, 6) is 0.113. The van der Waals surface area contributed by atoms with E-state index >= 15 is 0 Å². The maximum atomic E-state index is 11.2. The number of anilines is 1. The molecule has 0 bridgehead atoms. The molecule has 3 nitrogen and oxygen atoms in total. The van der Waals surface area contributed by atoms with E-state index in [1.165, 1.54) is 5.69 Å². The number of benzene rings is 1. The first kappa shape index (κ1) is 11.1. The highest BCUT2D eigenvalue weighted by atomic mass is 16.5. The number of nitrogens with zero attached hydrogens (tertiary/aromatic N) is 1. The normalized spacial score (nSPS) is 20.9. The highest BCUT2D eigenvalue weighted by molar-refractivity contribution is 5.94. The average molecular weight is 219 g/mol. The first-order valence-electron chi connectivity index (χ1n) is 5.64. The number of carbonyl (C=O) groups excluding carboxylic acids is 1. The van der Waals surface area contributed by atoms with Crippen molar-refractivity contribution >= 4 is 11.5 Å². The Bertz CT molecular complexity index is 372. The summed E-state index contributed by atoms with van der Waals surface area (Å²) >= 11 is 0. The van der Waals surface area contributed by atoms with Crippen LogP contribution >= 0.6 is 0 Å². The number of rotatable bonds is 2. The van der Waals surface area contributed by atoms with Gasteiger partial charge in [0.25, 0.3) is 0 Å². The fraction of sp³-hybridized carbons (Fsp3) is 0.462. The summed E-state index contributed by atoms with van der Waals surface area (Å²) in [6.45, 7) is 6.21. The van der Waals surface area contributed by atoms with Crippen molar-refractivity contribution in [3.8, 4) is 0 Å². The predicted molar refractivity (Wildman–Crippen MR) is 64.1 cm³/mol. The van der Waals surface area contributed by atoms with Crippen LogP contribution in [0.2, 0.25) is 0 Å². The van der Waals surface area contributed by atoms with Gasteiger partial charge in [0.05, 0.1) is 13.2 Å². The van der Waals surface area contributed by atoms with E-state index in [1.54, 1.807) is 6.92 Å². The van der Waals surface area contributed by atoms with Crippen molar-refractivity contribution in [2.45, 2.75) is 19.9 Å². The van der Waals surface area contributed by atoms with E-state index in [-0.39, 0.29) is 5.78 Å². The molecule has 0 saturated carbocycles. The van der Waals surface area contributed by atoms with Gasteiger partial charge in [0.15, 0.2) is 5.78 Å². The van der Waals surface area contributed by atoms with E-state index in [0.717, 1.165) is 25.3 Å². The molecule has 1 heterocycles. The highest BCUT2D eigenvalue weighted by Gasteiger charge is 2.18. The van der Waals surface area contributed by atoms with Gasteiger partial charge >= 0.3 is 0 Å². The Balaban J connectivity index is 2.17. The molecule has 1 unspecified atom stereocenters. The van der Waals surface area contributed by atoms with Gasteiger partial charge in [0.1, 0.15) is 0 Å². The fourth-order valence-corrected chi connectivity index (χ4v) is 2.00. The van der Waals surface area contributed by atoms with Crippen molar-refractivity contribution < 1.29 is 9.53 Å². The number of hydrogen-bond donors (Lipinski definition) is 0. The lowest BCUT2D eigenvalue weighted by molar-refractivity contribution is 0.0988. The van der Waals surface area contributed by atoms with Crippen molar-refractivity contribution in [2.24, 2.45) is 0 Å². The molecule has 1 aromatic carbocycles. The number of morpholine rings is 1. The molecule has 1 aliphatic heterocycles. The van der Waals surface area contributed by atoms with Gasteiger partial charge in [-0.05, 0) is 38.1 Å². The second-order valence-electron chi connectivity index (χ2n) is 4.22. The van der Waals surface area contributed by atoms with E-state index in [0.29, 0.717) is 6.04 Å². The van der Waals surface area contributed by atoms with Crippen LogP contribution in [0.4, 0.5) is 5.69 Å². The largest absolute Gasteiger partial charge is 0.377 e. The van der Waals surface area contributed by atoms with Gasteiger partial charge in [-0.1, -0.05) is 0 Å². The third kappa shape index (κ3) is 2.25. The molecular formula is C13H17NO2. The van der Waals surface area contributed by atoms with Crippen LogP contribution in [-0.4, -0.2) is 31.6 Å². The molecule has 0 N–H and O–H groups in total. The predicted octanol–water partition coefficient (Wildman–Crippen LogP) is 2.11. The van der Waals surface area contributed by atoms with Crippen molar-refractivity contribution in [3.05, 3.63) is 29.8 Å². The zero-order valence-corrected chi connectivity index (χ0v) is 9.77. The maximum absolute atomic E-state index is 11.2. The molecule has 1 fully saturated rings. The number of ether oxygens (including phenoxy) is 1. The smallest absolute Gasteiger partial charge is 0.159 e.